The normalized spacial score (nSPS) is 37.6. The van der Waals surface area contributed by atoms with E-state index in [1.54, 1.807) is 0 Å². The van der Waals surface area contributed by atoms with Gasteiger partial charge in [0.2, 0.25) is 0 Å². The van der Waals surface area contributed by atoms with Crippen molar-refractivity contribution >= 4 is 5.97 Å². The predicted molar refractivity (Wildman–Crippen MR) is 67.6 cm³/mol. The van der Waals surface area contributed by atoms with Crippen LogP contribution in [0.3, 0.4) is 0 Å². The van der Waals surface area contributed by atoms with Gasteiger partial charge in [-0.15, -0.1) is 0 Å². The highest BCUT2D eigenvalue weighted by atomic mass is 16.5. The van der Waals surface area contributed by atoms with Crippen LogP contribution in [0.2, 0.25) is 0 Å². The van der Waals surface area contributed by atoms with Crippen molar-refractivity contribution in [3.8, 4) is 0 Å². The first-order chi connectivity index (χ1) is 8.35. The van der Waals surface area contributed by atoms with Crippen molar-refractivity contribution in [3.05, 3.63) is 11.3 Å². The van der Waals surface area contributed by atoms with Gasteiger partial charge in [0.25, 0.3) is 0 Å². The van der Waals surface area contributed by atoms with Crippen LogP contribution in [-0.4, -0.2) is 16.7 Å². The standard InChI is InChI=1S/C15H22O3/c1-4-14(2,3)13(16)18-11-8-15(17)6-9-5-10(7-15)12(9)11/h9-10,17H,4-8H2,1-3H3/t9-,10?,15?/m1/s1. The fourth-order valence-electron chi connectivity index (χ4n) is 3.65. The molecule has 3 nitrogen and oxygen atoms in total. The molecule has 0 saturated heterocycles. The summed E-state index contributed by atoms with van der Waals surface area (Å²) in [4.78, 5) is 12.1. The molecule has 0 heterocycles. The molecular weight excluding hydrogens is 228 g/mol. The third-order valence-corrected chi connectivity index (χ3v) is 5.17. The maximum absolute atomic E-state index is 12.1. The minimum Gasteiger partial charge on any atom is -0.431 e. The van der Waals surface area contributed by atoms with E-state index in [9.17, 15) is 9.90 Å². The van der Waals surface area contributed by atoms with E-state index >= 15 is 0 Å². The van der Waals surface area contributed by atoms with E-state index in [2.05, 4.69) is 0 Å². The minimum absolute atomic E-state index is 0.150. The second-order valence-corrected chi connectivity index (χ2v) is 6.94. The van der Waals surface area contributed by atoms with Crippen LogP contribution in [0.15, 0.2) is 11.3 Å². The van der Waals surface area contributed by atoms with Gasteiger partial charge in [-0.25, -0.2) is 0 Å². The average Bonchev–Trinajstić information content (AvgIpc) is 2.26. The molecule has 1 N–H and O–H groups in total. The van der Waals surface area contributed by atoms with E-state index in [0.29, 0.717) is 18.3 Å². The van der Waals surface area contributed by atoms with Gasteiger partial charge >= 0.3 is 5.97 Å². The van der Waals surface area contributed by atoms with Gasteiger partial charge in [0, 0.05) is 6.42 Å². The van der Waals surface area contributed by atoms with Gasteiger partial charge in [0.1, 0.15) is 5.76 Å². The van der Waals surface area contributed by atoms with Crippen LogP contribution in [0.1, 0.15) is 52.9 Å². The largest absolute Gasteiger partial charge is 0.431 e. The molecule has 0 radical (unpaired) electrons. The van der Waals surface area contributed by atoms with E-state index < -0.39 is 11.0 Å². The van der Waals surface area contributed by atoms with Crippen LogP contribution < -0.4 is 0 Å². The van der Waals surface area contributed by atoms with E-state index in [1.807, 2.05) is 20.8 Å². The third kappa shape index (κ3) is 1.63. The number of esters is 1. The zero-order valence-corrected chi connectivity index (χ0v) is 11.5. The predicted octanol–water partition coefficient (Wildman–Crippen LogP) is 2.78. The molecule has 5 aliphatic carbocycles. The summed E-state index contributed by atoms with van der Waals surface area (Å²) in [5.74, 6) is 1.61. The number of hydrogen-bond acceptors (Lipinski definition) is 3. The Hall–Kier alpha value is -0.830. The van der Waals surface area contributed by atoms with Gasteiger partial charge in [0.05, 0.1) is 11.0 Å². The molecule has 5 rings (SSSR count). The van der Waals surface area contributed by atoms with Crippen molar-refractivity contribution in [2.24, 2.45) is 17.3 Å². The van der Waals surface area contributed by atoms with E-state index in [-0.39, 0.29) is 5.97 Å². The quantitative estimate of drug-likeness (QED) is 0.783. The summed E-state index contributed by atoms with van der Waals surface area (Å²) in [6, 6.07) is 0. The average molecular weight is 250 g/mol. The summed E-state index contributed by atoms with van der Waals surface area (Å²) in [5.41, 5.74) is 0.310. The molecule has 5 aliphatic rings. The van der Waals surface area contributed by atoms with Crippen LogP contribution in [0.25, 0.3) is 0 Å². The number of aliphatic hydroxyl groups is 1. The minimum atomic E-state index is -0.596. The topological polar surface area (TPSA) is 46.5 Å². The fourth-order valence-corrected chi connectivity index (χ4v) is 3.65. The van der Waals surface area contributed by atoms with E-state index in [4.69, 9.17) is 4.74 Å². The number of rotatable bonds is 3. The van der Waals surface area contributed by atoms with Crippen LogP contribution in [0.4, 0.5) is 0 Å². The van der Waals surface area contributed by atoms with E-state index in [0.717, 1.165) is 25.0 Å². The molecule has 0 aromatic carbocycles. The number of carbonyl (C=O) groups is 1. The number of ether oxygens (including phenoxy) is 1. The second kappa shape index (κ2) is 3.60. The Morgan fingerprint density at radius 1 is 1.44 bits per heavy atom. The Bertz CT molecular complexity index is 419. The Labute approximate surface area is 108 Å². The summed E-state index contributed by atoms with van der Waals surface area (Å²) < 4.78 is 5.63. The molecule has 18 heavy (non-hydrogen) atoms. The summed E-state index contributed by atoms with van der Waals surface area (Å²) >= 11 is 0. The first-order valence-corrected chi connectivity index (χ1v) is 7.02. The van der Waals surface area contributed by atoms with Crippen LogP contribution in [0, 0.1) is 17.3 Å². The highest BCUT2D eigenvalue weighted by Crippen LogP contribution is 2.61. The van der Waals surface area contributed by atoms with Gasteiger partial charge in [0.15, 0.2) is 0 Å². The number of allylic oxidation sites excluding steroid dienone is 1. The maximum Gasteiger partial charge on any atom is 0.316 e. The smallest absolute Gasteiger partial charge is 0.316 e. The summed E-state index contributed by atoms with van der Waals surface area (Å²) in [5, 5.41) is 10.4. The Morgan fingerprint density at radius 2 is 2.06 bits per heavy atom. The molecule has 0 aromatic rings. The lowest BCUT2D eigenvalue weighted by Gasteiger charge is -2.56. The van der Waals surface area contributed by atoms with Crippen molar-refractivity contribution in [2.45, 2.75) is 58.5 Å². The molecule has 2 unspecified atom stereocenters. The molecule has 4 bridgehead atoms. The fraction of sp³-hybridized carbons (Fsp3) is 0.800. The van der Waals surface area contributed by atoms with Crippen molar-refractivity contribution in [1.82, 2.24) is 0 Å². The van der Waals surface area contributed by atoms with Crippen molar-refractivity contribution < 1.29 is 14.6 Å². The molecule has 0 aromatic heterocycles. The molecule has 3 heteroatoms. The Balaban J connectivity index is 1.81. The number of hydrogen-bond donors (Lipinski definition) is 1. The first-order valence-electron chi connectivity index (χ1n) is 7.02. The molecule has 3 atom stereocenters. The zero-order chi connectivity index (χ0) is 13.1. The zero-order valence-electron chi connectivity index (χ0n) is 11.5. The summed E-state index contributed by atoms with van der Waals surface area (Å²) in [6.07, 6.45) is 4.23. The molecule has 0 amide bonds. The molecular formula is C15H22O3. The molecule has 100 valence electrons. The highest BCUT2D eigenvalue weighted by Gasteiger charge is 2.56. The lowest BCUT2D eigenvalue weighted by atomic mass is 9.51. The second-order valence-electron chi connectivity index (χ2n) is 6.94. The third-order valence-electron chi connectivity index (χ3n) is 5.17. The molecule has 3 fully saturated rings. The highest BCUT2D eigenvalue weighted by molar-refractivity contribution is 5.77. The molecule has 3 saturated carbocycles. The van der Waals surface area contributed by atoms with Crippen molar-refractivity contribution in [1.29, 1.82) is 0 Å². The lowest BCUT2D eigenvalue weighted by Crippen LogP contribution is -2.53. The Kier molecular flexibility index (Phi) is 2.44. The van der Waals surface area contributed by atoms with Gasteiger partial charge in [-0.3, -0.25) is 4.79 Å². The summed E-state index contributed by atoms with van der Waals surface area (Å²) in [6.45, 7) is 5.82. The SMILES string of the molecule is CCC(C)(C)C(=O)OC1=C2C3C[C@@H]2CC(O)(C1)C3. The molecule has 0 spiro atoms. The van der Waals surface area contributed by atoms with Gasteiger partial charge in [-0.1, -0.05) is 6.92 Å². The van der Waals surface area contributed by atoms with Crippen LogP contribution in [0.5, 0.6) is 0 Å². The van der Waals surface area contributed by atoms with Gasteiger partial charge in [-0.05, 0) is 56.9 Å². The Morgan fingerprint density at radius 3 is 2.56 bits per heavy atom. The number of fused-ring (bicyclic) bond motifs is 1. The number of carbonyl (C=O) groups excluding carboxylic acids is 1. The molecule has 0 aliphatic heterocycles. The maximum atomic E-state index is 12.1. The van der Waals surface area contributed by atoms with Crippen molar-refractivity contribution in [2.75, 3.05) is 0 Å². The monoisotopic (exact) mass is 250 g/mol. The summed E-state index contributed by atoms with van der Waals surface area (Å²) in [7, 11) is 0. The van der Waals surface area contributed by atoms with Gasteiger partial charge < -0.3 is 9.84 Å². The lowest BCUT2D eigenvalue weighted by molar-refractivity contribution is -0.154. The first kappa shape index (κ1) is 12.2. The van der Waals surface area contributed by atoms with Gasteiger partial charge in [-0.2, -0.15) is 0 Å². The van der Waals surface area contributed by atoms with Crippen LogP contribution >= 0.6 is 0 Å². The van der Waals surface area contributed by atoms with E-state index in [1.165, 1.54) is 12.0 Å². The van der Waals surface area contributed by atoms with Crippen molar-refractivity contribution in [3.63, 3.8) is 0 Å². The van der Waals surface area contributed by atoms with Crippen LogP contribution in [-0.2, 0) is 9.53 Å².